The zero-order valence-corrected chi connectivity index (χ0v) is 39.2. The fourth-order valence-electron chi connectivity index (χ4n) is 7.66. The van der Waals surface area contributed by atoms with Gasteiger partial charge < -0.3 is 20.3 Å². The van der Waals surface area contributed by atoms with Gasteiger partial charge in [-0.05, 0) is 64.2 Å². The number of carbonyl (C=O) groups is 2. The molecule has 0 fully saturated rings. The van der Waals surface area contributed by atoms with Gasteiger partial charge in [0.15, 0.2) is 0 Å². The minimum absolute atomic E-state index is 0.0351. The van der Waals surface area contributed by atoms with Gasteiger partial charge in [-0.2, -0.15) is 0 Å². The van der Waals surface area contributed by atoms with E-state index in [1.165, 1.54) is 173 Å². The first-order valence-electron chi connectivity index (χ1n) is 25.8. The van der Waals surface area contributed by atoms with Crippen LogP contribution in [0.3, 0.4) is 0 Å². The largest absolute Gasteiger partial charge is 0.466 e. The Kier molecular flexibility index (Phi) is 47.2. The number of rotatable bonds is 47. The number of carbonyl (C=O) groups excluding carboxylic acids is 2. The first-order chi connectivity index (χ1) is 29.0. The molecule has 6 nitrogen and oxygen atoms in total. The number of hydrogen-bond donors (Lipinski definition) is 3. The predicted octanol–water partition coefficient (Wildman–Crippen LogP) is 15.3. The van der Waals surface area contributed by atoms with Crippen molar-refractivity contribution in [3.63, 3.8) is 0 Å². The molecule has 0 radical (unpaired) electrons. The van der Waals surface area contributed by atoms with Crippen LogP contribution >= 0.6 is 0 Å². The third kappa shape index (κ3) is 45.4. The van der Waals surface area contributed by atoms with Crippen molar-refractivity contribution in [1.82, 2.24) is 5.32 Å². The van der Waals surface area contributed by atoms with Gasteiger partial charge in [0.2, 0.25) is 5.91 Å². The normalized spacial score (nSPS) is 12.9. The smallest absolute Gasteiger partial charge is 0.305 e. The minimum atomic E-state index is -0.862. The summed E-state index contributed by atoms with van der Waals surface area (Å²) in [5, 5.41) is 23.0. The Labute approximate surface area is 366 Å². The second kappa shape index (κ2) is 48.7. The van der Waals surface area contributed by atoms with Crippen molar-refractivity contribution in [3.8, 4) is 0 Å². The Hall–Kier alpha value is -1.92. The number of allylic oxidation sites excluding steroid dienone is 5. The van der Waals surface area contributed by atoms with Crippen LogP contribution in [-0.4, -0.2) is 47.4 Å². The van der Waals surface area contributed by atoms with E-state index < -0.39 is 12.1 Å². The van der Waals surface area contributed by atoms with E-state index in [0.717, 1.165) is 64.2 Å². The molecule has 0 heterocycles. The Morgan fingerprint density at radius 2 is 0.847 bits per heavy atom. The molecule has 346 valence electrons. The van der Waals surface area contributed by atoms with Gasteiger partial charge >= 0.3 is 5.97 Å². The molecular weight excluding hydrogens is 731 g/mol. The molecule has 0 aromatic carbocycles. The van der Waals surface area contributed by atoms with Crippen molar-refractivity contribution in [1.29, 1.82) is 0 Å². The molecule has 0 spiro atoms. The first kappa shape index (κ1) is 57.1. The number of amides is 1. The molecule has 6 heteroatoms. The Morgan fingerprint density at radius 3 is 1.31 bits per heavy atom. The molecule has 0 saturated heterocycles. The van der Waals surface area contributed by atoms with Crippen LogP contribution in [0, 0.1) is 0 Å². The lowest BCUT2D eigenvalue weighted by Gasteiger charge is -2.20. The van der Waals surface area contributed by atoms with Crippen LogP contribution in [0.5, 0.6) is 0 Å². The summed E-state index contributed by atoms with van der Waals surface area (Å²) in [5.41, 5.74) is 0. The molecule has 1 amide bonds. The monoisotopic (exact) mass is 830 g/mol. The lowest BCUT2D eigenvalue weighted by molar-refractivity contribution is -0.143. The van der Waals surface area contributed by atoms with E-state index >= 15 is 0 Å². The van der Waals surface area contributed by atoms with Gasteiger partial charge in [-0.15, -0.1) is 0 Å². The van der Waals surface area contributed by atoms with Gasteiger partial charge in [-0.3, -0.25) is 9.59 Å². The van der Waals surface area contributed by atoms with Crippen LogP contribution in [-0.2, 0) is 14.3 Å². The summed E-state index contributed by atoms with van der Waals surface area (Å²) < 4.78 is 5.45. The average Bonchev–Trinajstić information content (AvgIpc) is 3.24. The van der Waals surface area contributed by atoms with Crippen LogP contribution < -0.4 is 5.32 Å². The summed E-state index contributed by atoms with van der Waals surface area (Å²) in [7, 11) is 0. The van der Waals surface area contributed by atoms with Crippen molar-refractivity contribution in [2.75, 3.05) is 13.2 Å². The fourth-order valence-corrected chi connectivity index (χ4v) is 7.66. The molecule has 2 unspecified atom stereocenters. The maximum absolute atomic E-state index is 12.4. The van der Waals surface area contributed by atoms with Crippen molar-refractivity contribution in [2.45, 2.75) is 276 Å². The molecule has 0 aromatic heterocycles. The minimum Gasteiger partial charge on any atom is -0.466 e. The van der Waals surface area contributed by atoms with Crippen LogP contribution in [0.4, 0.5) is 0 Å². The summed E-state index contributed by atoms with van der Waals surface area (Å²) >= 11 is 0. The van der Waals surface area contributed by atoms with Crippen LogP contribution in [0.15, 0.2) is 36.5 Å². The lowest BCUT2D eigenvalue weighted by Crippen LogP contribution is -2.45. The molecule has 0 rings (SSSR count). The lowest BCUT2D eigenvalue weighted by atomic mass is 10.0. The van der Waals surface area contributed by atoms with Crippen molar-refractivity contribution < 1.29 is 24.5 Å². The molecule has 0 aliphatic heterocycles. The van der Waals surface area contributed by atoms with Crippen molar-refractivity contribution in [3.05, 3.63) is 36.5 Å². The second-order valence-corrected chi connectivity index (χ2v) is 17.5. The SMILES string of the molecule is CCCCCC/C=C\C/C=C\CCCCCCCCCC(=O)OCCCCCCCCCCCC(=O)NC(CO)C(O)/C=C/CCCCCCCCCCCCCCC. The molecule has 0 saturated carbocycles. The van der Waals surface area contributed by atoms with E-state index in [1.54, 1.807) is 6.08 Å². The molecule has 0 aliphatic rings. The highest BCUT2D eigenvalue weighted by Crippen LogP contribution is 2.15. The van der Waals surface area contributed by atoms with Gasteiger partial charge in [0.25, 0.3) is 0 Å². The quantitative estimate of drug-likeness (QED) is 0.0323. The maximum atomic E-state index is 12.4. The van der Waals surface area contributed by atoms with Gasteiger partial charge in [0.05, 0.1) is 25.4 Å². The number of hydrogen-bond acceptors (Lipinski definition) is 5. The predicted molar refractivity (Wildman–Crippen MR) is 255 cm³/mol. The van der Waals surface area contributed by atoms with Crippen LogP contribution in [0.1, 0.15) is 264 Å². The highest BCUT2D eigenvalue weighted by atomic mass is 16.5. The number of ether oxygens (including phenoxy) is 1. The second-order valence-electron chi connectivity index (χ2n) is 17.5. The van der Waals surface area contributed by atoms with Gasteiger partial charge in [-0.1, -0.05) is 224 Å². The number of esters is 1. The zero-order valence-electron chi connectivity index (χ0n) is 39.2. The average molecular weight is 830 g/mol. The third-order valence-electron chi connectivity index (χ3n) is 11.7. The van der Waals surface area contributed by atoms with Gasteiger partial charge in [-0.25, -0.2) is 0 Å². The summed E-state index contributed by atoms with van der Waals surface area (Å²) in [6.07, 6.45) is 58.5. The Morgan fingerprint density at radius 1 is 0.475 bits per heavy atom. The molecule has 2 atom stereocenters. The number of aliphatic hydroxyl groups excluding tert-OH is 2. The fraction of sp³-hybridized carbons (Fsp3) is 0.849. The highest BCUT2D eigenvalue weighted by Gasteiger charge is 2.18. The van der Waals surface area contributed by atoms with E-state index in [0.29, 0.717) is 19.4 Å². The first-order valence-corrected chi connectivity index (χ1v) is 25.8. The summed E-state index contributed by atoms with van der Waals surface area (Å²) in [6, 6.07) is -0.649. The maximum Gasteiger partial charge on any atom is 0.305 e. The molecule has 0 bridgehead atoms. The number of aliphatic hydroxyl groups is 2. The number of unbranched alkanes of at least 4 members (excludes halogenated alkanes) is 32. The van der Waals surface area contributed by atoms with E-state index in [-0.39, 0.29) is 18.5 Å². The Bertz CT molecular complexity index is 962. The van der Waals surface area contributed by atoms with E-state index in [9.17, 15) is 19.8 Å². The van der Waals surface area contributed by atoms with Crippen molar-refractivity contribution >= 4 is 11.9 Å². The standard InChI is InChI=1S/C53H99NO5/c1-3-5-7-9-11-13-15-17-19-20-21-23-25-27-31-35-39-43-47-53(58)59-48-44-40-36-32-28-30-34-38-42-46-52(57)54-50(49-55)51(56)45-41-37-33-29-26-24-22-18-16-14-12-10-8-6-4-2/h13,15,19-20,41,45,50-51,55-56H,3-12,14,16-18,21-40,42-44,46-49H2,1-2H3,(H,54,57)/b15-13-,20-19-,45-41+. The zero-order chi connectivity index (χ0) is 43.0. The highest BCUT2D eigenvalue weighted by molar-refractivity contribution is 5.76. The topological polar surface area (TPSA) is 95.9 Å². The number of nitrogens with one attached hydrogen (secondary N) is 1. The molecule has 0 aromatic rings. The van der Waals surface area contributed by atoms with Gasteiger partial charge in [0.1, 0.15) is 0 Å². The molecular formula is C53H99NO5. The Balaban J connectivity index is 3.53. The molecule has 3 N–H and O–H groups in total. The summed E-state index contributed by atoms with van der Waals surface area (Å²) in [6.45, 7) is 4.81. The van der Waals surface area contributed by atoms with Crippen LogP contribution in [0.2, 0.25) is 0 Å². The van der Waals surface area contributed by atoms with E-state index in [1.807, 2.05) is 6.08 Å². The van der Waals surface area contributed by atoms with E-state index in [4.69, 9.17) is 4.74 Å². The summed E-state index contributed by atoms with van der Waals surface area (Å²) in [5.74, 6) is -0.132. The molecule has 59 heavy (non-hydrogen) atoms. The van der Waals surface area contributed by atoms with E-state index in [2.05, 4.69) is 43.5 Å². The van der Waals surface area contributed by atoms with Gasteiger partial charge in [0, 0.05) is 12.8 Å². The van der Waals surface area contributed by atoms with Crippen LogP contribution in [0.25, 0.3) is 0 Å². The third-order valence-corrected chi connectivity index (χ3v) is 11.7. The summed E-state index contributed by atoms with van der Waals surface area (Å²) in [4.78, 5) is 24.5. The van der Waals surface area contributed by atoms with Crippen molar-refractivity contribution in [2.24, 2.45) is 0 Å². The molecule has 0 aliphatic carbocycles.